The van der Waals surface area contributed by atoms with Gasteiger partial charge in [-0.1, -0.05) is 76.2 Å². The molecule has 3 aliphatic heterocycles. The number of aliphatic hydroxyl groups excluding tert-OH is 1. The van der Waals surface area contributed by atoms with Gasteiger partial charge in [0.25, 0.3) is 0 Å². The van der Waals surface area contributed by atoms with Crippen LogP contribution in [0.4, 0.5) is 4.79 Å². The van der Waals surface area contributed by atoms with Gasteiger partial charge in [-0.05, 0) is 55.1 Å². The zero-order chi connectivity index (χ0) is 32.6. The highest BCUT2D eigenvalue weighted by molar-refractivity contribution is 7.92. The number of fused-ring (bicyclic) bond motifs is 1. The number of imide groups is 1. The van der Waals surface area contributed by atoms with Crippen LogP contribution in [0, 0.1) is 11.8 Å². The maximum atomic E-state index is 14.7. The number of aliphatic hydroxyl groups is 1. The molecule has 244 valence electrons. The van der Waals surface area contributed by atoms with Crippen molar-refractivity contribution in [2.45, 2.75) is 111 Å². The molecule has 4 aliphatic rings. The zero-order valence-corrected chi connectivity index (χ0v) is 28.8. The summed E-state index contributed by atoms with van der Waals surface area (Å²) in [6, 6.07) is 17.4. The van der Waals surface area contributed by atoms with Crippen molar-refractivity contribution in [1.29, 1.82) is 0 Å². The normalized spacial score (nSPS) is 34.6. The molecule has 1 N–H and O–H groups in total. The van der Waals surface area contributed by atoms with Crippen LogP contribution in [0.25, 0.3) is 0 Å². The molecule has 45 heavy (non-hydrogen) atoms. The number of benzene rings is 2. The summed E-state index contributed by atoms with van der Waals surface area (Å²) in [6.07, 6.45) is -1.59. The van der Waals surface area contributed by atoms with Gasteiger partial charge in [-0.25, -0.2) is 18.1 Å². The second-order valence-corrected chi connectivity index (χ2v) is 21.6. The number of rotatable bonds is 8. The molecule has 0 radical (unpaired) electrons. The molecule has 2 bridgehead atoms. The predicted molar refractivity (Wildman–Crippen MR) is 171 cm³/mol. The quantitative estimate of drug-likeness (QED) is 0.389. The molecular formula is C34H45NO8SSi. The van der Waals surface area contributed by atoms with Gasteiger partial charge in [0.05, 0.1) is 34.7 Å². The zero-order valence-electron chi connectivity index (χ0n) is 26.9. The summed E-state index contributed by atoms with van der Waals surface area (Å²) in [7, 11) is -6.62. The fraction of sp³-hybridized carbons (Fsp3) is 0.588. The van der Waals surface area contributed by atoms with E-state index in [9.17, 15) is 23.1 Å². The summed E-state index contributed by atoms with van der Waals surface area (Å²) in [4.78, 5) is 29.2. The molecule has 8 atom stereocenters. The molecule has 9 nitrogen and oxygen atoms in total. The standard InChI is InChI=1S/C34H45NO8SSi/c1-7-33-20-26(36)34(43-33)19-25(30(37)35-23(21-41-31(35)38)18-22-14-10-8-11-15-22)28(42-45(5,6)32(2,3)4)27(34)29(33)44(39,40)24-16-12-9-13-17-24/h8-17,23,25-29,36H,7,18-21H2,1-6H3/t23-,25+,26+,27+,28-,29+,33+,34-/m0/s1. The summed E-state index contributed by atoms with van der Waals surface area (Å²) >= 11 is 0. The van der Waals surface area contributed by atoms with E-state index in [1.54, 1.807) is 30.3 Å². The van der Waals surface area contributed by atoms with Crippen molar-refractivity contribution < 1.29 is 37.0 Å². The number of carbonyl (C=O) groups is 2. The van der Waals surface area contributed by atoms with Gasteiger partial charge in [0.1, 0.15) is 17.5 Å². The van der Waals surface area contributed by atoms with E-state index in [0.29, 0.717) is 12.8 Å². The van der Waals surface area contributed by atoms with Crippen LogP contribution in [0.2, 0.25) is 18.1 Å². The topological polar surface area (TPSA) is 119 Å². The first-order valence-corrected chi connectivity index (χ1v) is 20.4. The van der Waals surface area contributed by atoms with E-state index in [-0.39, 0.29) is 29.4 Å². The lowest BCUT2D eigenvalue weighted by Gasteiger charge is -2.45. The molecule has 0 aromatic heterocycles. The van der Waals surface area contributed by atoms with Crippen molar-refractivity contribution in [3.05, 3.63) is 66.2 Å². The van der Waals surface area contributed by atoms with Crippen LogP contribution in [-0.2, 0) is 35.0 Å². The highest BCUT2D eigenvalue weighted by Gasteiger charge is 2.80. The third-order valence-corrected chi connectivity index (χ3v) is 18.1. The number of cyclic esters (lactones) is 1. The molecule has 2 aromatic rings. The lowest BCUT2D eigenvalue weighted by molar-refractivity contribution is -0.137. The molecule has 1 spiro atoms. The fourth-order valence-electron chi connectivity index (χ4n) is 8.01. The monoisotopic (exact) mass is 655 g/mol. The smallest absolute Gasteiger partial charge is 0.416 e. The number of hydrogen-bond acceptors (Lipinski definition) is 8. The number of amides is 2. The Morgan fingerprint density at radius 1 is 1.07 bits per heavy atom. The van der Waals surface area contributed by atoms with Crippen molar-refractivity contribution in [2.24, 2.45) is 11.8 Å². The third-order valence-electron chi connectivity index (χ3n) is 11.3. The lowest BCUT2D eigenvalue weighted by atomic mass is 9.72. The Hall–Kier alpha value is -2.57. The molecule has 11 heteroatoms. The first-order valence-electron chi connectivity index (χ1n) is 16.0. The summed E-state index contributed by atoms with van der Waals surface area (Å²) in [5.74, 6) is -2.20. The Kier molecular flexibility index (Phi) is 7.92. The van der Waals surface area contributed by atoms with Gasteiger partial charge in [0.2, 0.25) is 5.91 Å². The number of carbonyl (C=O) groups excluding carboxylic acids is 2. The van der Waals surface area contributed by atoms with Crippen LogP contribution in [0.5, 0.6) is 0 Å². The number of sulfone groups is 1. The van der Waals surface area contributed by atoms with Crippen LogP contribution in [0.15, 0.2) is 65.6 Å². The third kappa shape index (κ3) is 5.01. The summed E-state index contributed by atoms with van der Waals surface area (Å²) < 4.78 is 48.5. The second kappa shape index (κ2) is 11.0. The second-order valence-electron chi connectivity index (χ2n) is 14.8. The van der Waals surface area contributed by atoms with Crippen LogP contribution in [0.1, 0.15) is 52.5 Å². The van der Waals surface area contributed by atoms with E-state index in [1.807, 2.05) is 37.3 Å². The molecule has 3 saturated heterocycles. The van der Waals surface area contributed by atoms with E-state index in [4.69, 9.17) is 13.9 Å². The molecule has 2 aromatic carbocycles. The maximum absolute atomic E-state index is 14.7. The minimum absolute atomic E-state index is 0.0569. The van der Waals surface area contributed by atoms with E-state index < -0.39 is 76.7 Å². The minimum atomic E-state index is -3.99. The van der Waals surface area contributed by atoms with Crippen LogP contribution in [-0.4, -0.2) is 80.1 Å². The largest absolute Gasteiger partial charge is 0.447 e. The summed E-state index contributed by atoms with van der Waals surface area (Å²) in [5.41, 5.74) is -1.48. The Balaban J connectivity index is 1.46. The lowest BCUT2D eigenvalue weighted by Crippen LogP contribution is -2.58. The van der Waals surface area contributed by atoms with Crippen molar-refractivity contribution >= 4 is 30.2 Å². The van der Waals surface area contributed by atoms with Gasteiger partial charge in [0.15, 0.2) is 18.2 Å². The van der Waals surface area contributed by atoms with Crippen molar-refractivity contribution in [3.8, 4) is 0 Å². The van der Waals surface area contributed by atoms with E-state index >= 15 is 0 Å². The Morgan fingerprint density at radius 2 is 1.69 bits per heavy atom. The van der Waals surface area contributed by atoms with Crippen molar-refractivity contribution in [3.63, 3.8) is 0 Å². The molecule has 2 amide bonds. The fourth-order valence-corrected chi connectivity index (χ4v) is 11.8. The molecule has 3 heterocycles. The molecule has 0 unspecified atom stereocenters. The highest BCUT2D eigenvalue weighted by Crippen LogP contribution is 2.67. The average molecular weight is 656 g/mol. The van der Waals surface area contributed by atoms with Crippen LogP contribution >= 0.6 is 0 Å². The van der Waals surface area contributed by atoms with Gasteiger partial charge in [-0.15, -0.1) is 0 Å². The first-order chi connectivity index (χ1) is 21.1. The summed E-state index contributed by atoms with van der Waals surface area (Å²) in [6.45, 7) is 12.4. The Labute approximate surface area is 267 Å². The molecule has 6 rings (SSSR count). The van der Waals surface area contributed by atoms with E-state index in [1.165, 1.54) is 4.90 Å². The molecule has 1 aliphatic carbocycles. The van der Waals surface area contributed by atoms with Crippen LogP contribution in [0.3, 0.4) is 0 Å². The van der Waals surface area contributed by atoms with Crippen molar-refractivity contribution in [2.75, 3.05) is 6.61 Å². The van der Waals surface area contributed by atoms with Gasteiger partial charge < -0.3 is 19.0 Å². The number of nitrogens with zero attached hydrogens (tertiary/aromatic N) is 1. The number of ether oxygens (including phenoxy) is 2. The molecular weight excluding hydrogens is 611 g/mol. The highest BCUT2D eigenvalue weighted by atomic mass is 32.2. The van der Waals surface area contributed by atoms with E-state index in [0.717, 1.165) is 5.56 Å². The van der Waals surface area contributed by atoms with Gasteiger partial charge in [-0.2, -0.15) is 0 Å². The van der Waals surface area contributed by atoms with Crippen LogP contribution < -0.4 is 0 Å². The van der Waals surface area contributed by atoms with Crippen molar-refractivity contribution in [1.82, 2.24) is 4.90 Å². The van der Waals surface area contributed by atoms with E-state index in [2.05, 4.69) is 33.9 Å². The number of hydrogen-bond donors (Lipinski definition) is 1. The minimum Gasteiger partial charge on any atom is -0.447 e. The van der Waals surface area contributed by atoms with Gasteiger partial charge >= 0.3 is 6.09 Å². The van der Waals surface area contributed by atoms with Gasteiger partial charge in [-0.3, -0.25) is 4.79 Å². The Morgan fingerprint density at radius 3 is 2.29 bits per heavy atom. The molecule has 4 fully saturated rings. The average Bonchev–Trinajstić information content (AvgIpc) is 3.68. The Bertz CT molecular complexity index is 1560. The molecule has 1 saturated carbocycles. The predicted octanol–water partition coefficient (Wildman–Crippen LogP) is 5.13. The first kappa shape index (κ1) is 32.4. The van der Waals surface area contributed by atoms with Gasteiger partial charge in [0, 0.05) is 12.3 Å². The summed E-state index contributed by atoms with van der Waals surface area (Å²) in [5, 5.41) is 10.4. The maximum Gasteiger partial charge on any atom is 0.416 e. The SMILES string of the molecule is CC[C@@]12C[C@@H](O)[C@]3(C[C@@H](C(=O)N4C(=O)OC[C@@H]4Cc4ccccc4)[C@H](O[Si](C)(C)C(C)(C)C)[C@@H]3[C@H]1S(=O)(=O)c1ccccc1)O2.